The number of hydrogen-bond donors (Lipinski definition) is 1. The molecule has 4 atom stereocenters. The van der Waals surface area contributed by atoms with Gasteiger partial charge >= 0.3 is 6.09 Å². The lowest BCUT2D eigenvalue weighted by Crippen LogP contribution is -2.62. The second-order valence-corrected chi connectivity index (χ2v) is 7.71. The molecule has 3 aliphatic rings. The van der Waals surface area contributed by atoms with Crippen molar-refractivity contribution in [3.63, 3.8) is 0 Å². The van der Waals surface area contributed by atoms with E-state index in [1.165, 1.54) is 4.90 Å². The van der Waals surface area contributed by atoms with Gasteiger partial charge in [-0.15, -0.1) is 0 Å². The first-order valence-corrected chi connectivity index (χ1v) is 10.1. The van der Waals surface area contributed by atoms with Crippen molar-refractivity contribution in [1.29, 1.82) is 0 Å². The number of carbonyl (C=O) groups is 1. The van der Waals surface area contributed by atoms with Gasteiger partial charge in [-0.05, 0) is 26.7 Å². The first-order valence-electron chi connectivity index (χ1n) is 10.1. The summed E-state index contributed by atoms with van der Waals surface area (Å²) in [6.07, 6.45) is 1.16. The highest BCUT2D eigenvalue weighted by Crippen LogP contribution is 2.46. The van der Waals surface area contributed by atoms with E-state index in [9.17, 15) is 9.90 Å². The Kier molecular flexibility index (Phi) is 7.16. The number of amides is 1. The molecule has 3 aliphatic heterocycles. The standard InChI is InChI=1S/C18H29NO6.C2H6/c1-5-6-9-22-12(2)10-19-13-11-23-18(8-7-17(3,4)25-18)15(20)14(13)24-16(19)21;1-2/h13-15,20H,2,5-11H2,1,3-4H3;1-2H3. The van der Waals surface area contributed by atoms with E-state index in [-0.39, 0.29) is 24.8 Å². The molecule has 0 aromatic rings. The van der Waals surface area contributed by atoms with Crippen LogP contribution in [-0.2, 0) is 18.9 Å². The predicted molar refractivity (Wildman–Crippen MR) is 101 cm³/mol. The van der Waals surface area contributed by atoms with Crippen LogP contribution in [0.4, 0.5) is 4.79 Å². The van der Waals surface area contributed by atoms with Crippen LogP contribution >= 0.6 is 0 Å². The highest BCUT2D eigenvalue weighted by molar-refractivity contribution is 5.71. The molecule has 1 spiro atoms. The maximum atomic E-state index is 12.3. The van der Waals surface area contributed by atoms with Crippen LogP contribution < -0.4 is 0 Å². The average molecular weight is 386 g/mol. The Morgan fingerprint density at radius 3 is 2.67 bits per heavy atom. The summed E-state index contributed by atoms with van der Waals surface area (Å²) < 4.78 is 22.9. The van der Waals surface area contributed by atoms with E-state index in [2.05, 4.69) is 13.5 Å². The minimum atomic E-state index is -1.09. The molecule has 1 amide bonds. The zero-order chi connectivity index (χ0) is 20.2. The summed E-state index contributed by atoms with van der Waals surface area (Å²) in [6.45, 7) is 15.0. The number of unbranched alkanes of at least 4 members (excludes halogenated alkanes) is 1. The van der Waals surface area contributed by atoms with Gasteiger partial charge < -0.3 is 24.1 Å². The third-order valence-electron chi connectivity index (χ3n) is 5.19. The number of hydrogen-bond acceptors (Lipinski definition) is 6. The lowest BCUT2D eigenvalue weighted by molar-refractivity contribution is -0.324. The Morgan fingerprint density at radius 1 is 1.37 bits per heavy atom. The van der Waals surface area contributed by atoms with E-state index in [0.29, 0.717) is 18.8 Å². The van der Waals surface area contributed by atoms with Crippen LogP contribution in [-0.4, -0.2) is 65.5 Å². The molecule has 3 fully saturated rings. The molecule has 7 heteroatoms. The quantitative estimate of drug-likeness (QED) is 0.559. The van der Waals surface area contributed by atoms with Crippen LogP contribution in [0.1, 0.15) is 60.3 Å². The second kappa shape index (κ2) is 8.80. The number of carbonyl (C=O) groups excluding carboxylic acids is 1. The van der Waals surface area contributed by atoms with Gasteiger partial charge in [-0.2, -0.15) is 0 Å². The number of aliphatic hydroxyl groups is 1. The number of nitrogens with zero attached hydrogens (tertiary/aromatic N) is 1. The third-order valence-corrected chi connectivity index (χ3v) is 5.19. The molecule has 0 aromatic heterocycles. The molecular formula is C20H35NO6. The molecule has 3 heterocycles. The molecular weight excluding hydrogens is 350 g/mol. The number of aliphatic hydroxyl groups excluding tert-OH is 1. The van der Waals surface area contributed by atoms with Crippen LogP contribution in [0.15, 0.2) is 12.3 Å². The molecule has 27 heavy (non-hydrogen) atoms. The van der Waals surface area contributed by atoms with E-state index in [1.54, 1.807) is 0 Å². The van der Waals surface area contributed by atoms with Crippen molar-refractivity contribution in [2.45, 2.75) is 89.9 Å². The fraction of sp³-hybridized carbons (Fsp3) is 0.850. The number of fused-ring (bicyclic) bond motifs is 1. The summed E-state index contributed by atoms with van der Waals surface area (Å²) in [5, 5.41) is 10.8. The molecule has 156 valence electrons. The van der Waals surface area contributed by atoms with Gasteiger partial charge in [0.05, 0.1) is 31.4 Å². The van der Waals surface area contributed by atoms with Crippen LogP contribution in [0.3, 0.4) is 0 Å². The Hall–Kier alpha value is -1.31. The predicted octanol–water partition coefficient (Wildman–Crippen LogP) is 3.21. The highest BCUT2D eigenvalue weighted by Gasteiger charge is 2.61. The summed E-state index contributed by atoms with van der Waals surface area (Å²) in [6, 6.07) is -0.369. The van der Waals surface area contributed by atoms with Crippen molar-refractivity contribution in [2.75, 3.05) is 19.8 Å². The van der Waals surface area contributed by atoms with Crippen molar-refractivity contribution in [3.05, 3.63) is 12.3 Å². The SMILES string of the molecule is C=C(CN1C(=O)OC2C1COC1(CCC(C)(C)O1)C2O)OCCCC.CC. The van der Waals surface area contributed by atoms with E-state index in [0.717, 1.165) is 19.3 Å². The Labute approximate surface area is 162 Å². The van der Waals surface area contributed by atoms with Crippen LogP contribution in [0.25, 0.3) is 0 Å². The molecule has 0 aliphatic carbocycles. The minimum absolute atomic E-state index is 0.235. The molecule has 0 bridgehead atoms. The van der Waals surface area contributed by atoms with Crippen LogP contribution in [0, 0.1) is 0 Å². The fourth-order valence-corrected chi connectivity index (χ4v) is 3.73. The van der Waals surface area contributed by atoms with Gasteiger partial charge in [0.2, 0.25) is 0 Å². The van der Waals surface area contributed by atoms with Crippen LogP contribution in [0.2, 0.25) is 0 Å². The molecule has 3 rings (SSSR count). The second-order valence-electron chi connectivity index (χ2n) is 7.71. The van der Waals surface area contributed by atoms with Gasteiger partial charge in [0.15, 0.2) is 11.9 Å². The van der Waals surface area contributed by atoms with E-state index >= 15 is 0 Å². The maximum Gasteiger partial charge on any atom is 0.411 e. The zero-order valence-electron chi connectivity index (χ0n) is 17.3. The molecule has 0 radical (unpaired) electrons. The first-order chi connectivity index (χ1) is 12.8. The highest BCUT2D eigenvalue weighted by atomic mass is 16.7. The molecule has 0 saturated carbocycles. The van der Waals surface area contributed by atoms with Crippen molar-refractivity contribution >= 4 is 6.09 Å². The summed E-state index contributed by atoms with van der Waals surface area (Å²) in [7, 11) is 0. The smallest absolute Gasteiger partial charge is 0.411 e. The lowest BCUT2D eigenvalue weighted by Gasteiger charge is -2.44. The molecule has 0 aromatic carbocycles. The maximum absolute atomic E-state index is 12.3. The summed E-state index contributed by atoms with van der Waals surface area (Å²) in [4.78, 5) is 13.8. The monoisotopic (exact) mass is 385 g/mol. The summed E-state index contributed by atoms with van der Waals surface area (Å²) in [5.74, 6) is -0.575. The van der Waals surface area contributed by atoms with Gasteiger partial charge in [0.1, 0.15) is 11.9 Å². The number of ether oxygens (including phenoxy) is 4. The minimum Gasteiger partial charge on any atom is -0.497 e. The summed E-state index contributed by atoms with van der Waals surface area (Å²) in [5.41, 5.74) is -0.364. The van der Waals surface area contributed by atoms with E-state index in [4.69, 9.17) is 18.9 Å². The lowest BCUT2D eigenvalue weighted by atomic mass is 9.92. The zero-order valence-corrected chi connectivity index (χ0v) is 17.3. The topological polar surface area (TPSA) is 77.5 Å². The first kappa shape index (κ1) is 22.0. The van der Waals surface area contributed by atoms with Gasteiger partial charge in [0, 0.05) is 6.42 Å². The van der Waals surface area contributed by atoms with Gasteiger partial charge in [0.25, 0.3) is 0 Å². The molecule has 4 unspecified atom stereocenters. The van der Waals surface area contributed by atoms with Gasteiger partial charge in [-0.25, -0.2) is 4.79 Å². The van der Waals surface area contributed by atoms with E-state index in [1.807, 2.05) is 27.7 Å². The van der Waals surface area contributed by atoms with E-state index < -0.39 is 24.1 Å². The fourth-order valence-electron chi connectivity index (χ4n) is 3.73. The third kappa shape index (κ3) is 4.58. The number of rotatable bonds is 6. The Balaban J connectivity index is 0.00000126. The van der Waals surface area contributed by atoms with Gasteiger partial charge in [-0.3, -0.25) is 4.90 Å². The summed E-state index contributed by atoms with van der Waals surface area (Å²) >= 11 is 0. The normalized spacial score (nSPS) is 33.9. The van der Waals surface area contributed by atoms with Gasteiger partial charge in [-0.1, -0.05) is 33.8 Å². The van der Waals surface area contributed by atoms with Crippen molar-refractivity contribution in [2.24, 2.45) is 0 Å². The van der Waals surface area contributed by atoms with Crippen molar-refractivity contribution in [1.82, 2.24) is 4.90 Å². The van der Waals surface area contributed by atoms with Crippen molar-refractivity contribution < 1.29 is 28.8 Å². The molecule has 1 N–H and O–H groups in total. The largest absolute Gasteiger partial charge is 0.497 e. The van der Waals surface area contributed by atoms with Crippen LogP contribution in [0.5, 0.6) is 0 Å². The Bertz CT molecular complexity index is 537. The Morgan fingerprint density at radius 2 is 2.07 bits per heavy atom. The molecule has 7 nitrogen and oxygen atoms in total. The average Bonchev–Trinajstić information content (AvgIpc) is 3.11. The van der Waals surface area contributed by atoms with Crippen molar-refractivity contribution in [3.8, 4) is 0 Å². The molecule has 3 saturated heterocycles.